The minimum Gasteiger partial charge on any atom is -0.484 e. The number of carbonyl (C=O) groups excluding carboxylic acids is 2. The summed E-state index contributed by atoms with van der Waals surface area (Å²) in [5.74, 6) is -0.122. The molecule has 1 fully saturated rings. The lowest BCUT2D eigenvalue weighted by Crippen LogP contribution is -2.32. The summed E-state index contributed by atoms with van der Waals surface area (Å²) in [6.45, 7) is 0.761. The third-order valence-corrected chi connectivity index (χ3v) is 6.33. The molecule has 0 aliphatic carbocycles. The van der Waals surface area contributed by atoms with Gasteiger partial charge in [-0.2, -0.15) is 0 Å². The van der Waals surface area contributed by atoms with Crippen LogP contribution in [0.2, 0.25) is 0 Å². The molecule has 2 N–H and O–H groups in total. The van der Waals surface area contributed by atoms with Gasteiger partial charge in [0.05, 0.1) is 11.0 Å². The minimum absolute atomic E-state index is 0.0115. The molecule has 10 heteroatoms. The Morgan fingerprint density at radius 1 is 1.16 bits per heavy atom. The smallest absolute Gasteiger partial charge is 0.259 e. The van der Waals surface area contributed by atoms with E-state index in [1.54, 1.807) is 44.4 Å². The number of nitrogens with one attached hydrogen (secondary N) is 2. The van der Waals surface area contributed by atoms with Crippen LogP contribution in [0, 0.1) is 0 Å². The average molecular weight is 462 g/mol. The van der Waals surface area contributed by atoms with Gasteiger partial charge in [-0.25, -0.2) is 13.1 Å². The molecule has 2 aromatic carbocycles. The summed E-state index contributed by atoms with van der Waals surface area (Å²) < 4.78 is 38.5. The summed E-state index contributed by atoms with van der Waals surface area (Å²) in [5.41, 5.74) is 0.716. The van der Waals surface area contributed by atoms with Crippen molar-refractivity contribution in [2.24, 2.45) is 0 Å². The highest BCUT2D eigenvalue weighted by Gasteiger charge is 2.21. The number of rotatable bonds is 9. The van der Waals surface area contributed by atoms with Crippen molar-refractivity contribution >= 4 is 27.5 Å². The number of likely N-dealkylation sites (N-methyl/N-ethyl adjacent to an activating group) is 1. The summed E-state index contributed by atoms with van der Waals surface area (Å²) in [5, 5.41) is 2.72. The van der Waals surface area contributed by atoms with Crippen LogP contribution in [0.1, 0.15) is 23.2 Å². The van der Waals surface area contributed by atoms with Crippen LogP contribution in [0.15, 0.2) is 53.4 Å². The summed E-state index contributed by atoms with van der Waals surface area (Å²) in [7, 11) is -0.472. The van der Waals surface area contributed by atoms with E-state index in [-0.39, 0.29) is 35.6 Å². The van der Waals surface area contributed by atoms with E-state index >= 15 is 0 Å². The Balaban J connectivity index is 1.60. The topological polar surface area (TPSA) is 114 Å². The van der Waals surface area contributed by atoms with Crippen LogP contribution >= 0.6 is 0 Å². The van der Waals surface area contributed by atoms with Gasteiger partial charge in [-0.1, -0.05) is 6.07 Å². The second-order valence-corrected chi connectivity index (χ2v) is 9.34. The summed E-state index contributed by atoms with van der Waals surface area (Å²) in [6, 6.07) is 12.4. The van der Waals surface area contributed by atoms with Crippen LogP contribution in [-0.4, -0.2) is 65.1 Å². The molecule has 1 aliphatic rings. The fraction of sp³-hybridized carbons (Fsp3) is 0.364. The number of ether oxygens (including phenoxy) is 2. The highest BCUT2D eigenvalue weighted by molar-refractivity contribution is 7.89. The van der Waals surface area contributed by atoms with Gasteiger partial charge < -0.3 is 19.7 Å². The summed E-state index contributed by atoms with van der Waals surface area (Å²) in [6.07, 6.45) is 1.62. The van der Waals surface area contributed by atoms with Crippen LogP contribution in [0.4, 0.5) is 5.69 Å². The molecule has 0 spiro atoms. The highest BCUT2D eigenvalue weighted by Crippen LogP contribution is 2.18. The molecule has 9 nitrogen and oxygen atoms in total. The minimum atomic E-state index is -3.76. The van der Waals surface area contributed by atoms with Crippen LogP contribution in [-0.2, 0) is 19.6 Å². The number of anilines is 1. The lowest BCUT2D eigenvalue weighted by molar-refractivity contribution is -0.130. The van der Waals surface area contributed by atoms with Gasteiger partial charge >= 0.3 is 0 Å². The monoisotopic (exact) mass is 461 g/mol. The van der Waals surface area contributed by atoms with Crippen LogP contribution < -0.4 is 14.8 Å². The molecule has 0 radical (unpaired) electrons. The lowest BCUT2D eigenvalue weighted by atomic mass is 10.2. The molecule has 1 saturated heterocycles. The SMILES string of the molecule is CN(C)C(=O)COc1ccc(NC(=O)c2cccc(S(=O)(=O)NCC3CCCO3)c2)cc1. The standard InChI is InChI=1S/C22H27N3O6S/c1-25(2)21(26)15-31-18-10-8-17(9-11-18)24-22(27)16-5-3-7-20(13-16)32(28,29)23-14-19-6-4-12-30-19/h3,5,7-11,13,19,23H,4,6,12,14-15H2,1-2H3,(H,24,27). The number of carbonyl (C=O) groups is 2. The maximum atomic E-state index is 12.6. The normalized spacial score (nSPS) is 15.9. The average Bonchev–Trinajstić information content (AvgIpc) is 3.31. The molecule has 3 rings (SSSR count). The predicted molar refractivity (Wildman–Crippen MR) is 119 cm³/mol. The van der Waals surface area contributed by atoms with Gasteiger partial charge in [0.2, 0.25) is 10.0 Å². The molecule has 0 aromatic heterocycles. The van der Waals surface area contributed by atoms with Crippen molar-refractivity contribution in [1.29, 1.82) is 0 Å². The van der Waals surface area contributed by atoms with E-state index < -0.39 is 15.9 Å². The van der Waals surface area contributed by atoms with E-state index in [1.807, 2.05) is 0 Å². The molecule has 2 amide bonds. The van der Waals surface area contributed by atoms with Gasteiger partial charge in [0, 0.05) is 38.5 Å². The molecule has 1 unspecified atom stereocenters. The molecule has 1 atom stereocenters. The summed E-state index contributed by atoms with van der Waals surface area (Å²) >= 11 is 0. The maximum absolute atomic E-state index is 12.6. The fourth-order valence-corrected chi connectivity index (χ4v) is 4.12. The van der Waals surface area contributed by atoms with Gasteiger partial charge in [-0.05, 0) is 55.3 Å². The number of amides is 2. The van der Waals surface area contributed by atoms with Crippen LogP contribution in [0.3, 0.4) is 0 Å². The zero-order valence-corrected chi connectivity index (χ0v) is 18.9. The van der Waals surface area contributed by atoms with Crippen molar-refractivity contribution in [3.05, 3.63) is 54.1 Å². The van der Waals surface area contributed by atoms with E-state index in [1.165, 1.54) is 23.1 Å². The van der Waals surface area contributed by atoms with Crippen molar-refractivity contribution in [3.63, 3.8) is 0 Å². The van der Waals surface area contributed by atoms with E-state index in [0.29, 0.717) is 18.0 Å². The first-order valence-corrected chi connectivity index (χ1v) is 11.7. The number of nitrogens with zero attached hydrogens (tertiary/aromatic N) is 1. The second-order valence-electron chi connectivity index (χ2n) is 7.57. The number of benzene rings is 2. The van der Waals surface area contributed by atoms with Gasteiger partial charge in [-0.3, -0.25) is 9.59 Å². The Morgan fingerprint density at radius 3 is 2.56 bits per heavy atom. The molecule has 2 aromatic rings. The molecular formula is C22H27N3O6S. The Bertz CT molecular complexity index is 1050. The molecule has 0 bridgehead atoms. The van der Waals surface area contributed by atoms with E-state index in [9.17, 15) is 18.0 Å². The molecule has 32 heavy (non-hydrogen) atoms. The number of sulfonamides is 1. The van der Waals surface area contributed by atoms with Gasteiger partial charge in [0.15, 0.2) is 6.61 Å². The van der Waals surface area contributed by atoms with Gasteiger partial charge in [0.25, 0.3) is 11.8 Å². The first kappa shape index (κ1) is 23.7. The van der Waals surface area contributed by atoms with Gasteiger partial charge in [0.1, 0.15) is 5.75 Å². The molecule has 1 aliphatic heterocycles. The predicted octanol–water partition coefficient (Wildman–Crippen LogP) is 1.86. The molecule has 1 heterocycles. The van der Waals surface area contributed by atoms with E-state index in [2.05, 4.69) is 10.0 Å². The van der Waals surface area contributed by atoms with E-state index in [0.717, 1.165) is 12.8 Å². The van der Waals surface area contributed by atoms with Crippen molar-refractivity contribution in [2.75, 3.05) is 39.2 Å². The lowest BCUT2D eigenvalue weighted by Gasteiger charge is -2.13. The Hall–Kier alpha value is -2.95. The van der Waals surface area contributed by atoms with Crippen molar-refractivity contribution in [2.45, 2.75) is 23.8 Å². The Labute approximate surface area is 187 Å². The van der Waals surface area contributed by atoms with Crippen LogP contribution in [0.5, 0.6) is 5.75 Å². The van der Waals surface area contributed by atoms with Gasteiger partial charge in [-0.15, -0.1) is 0 Å². The zero-order chi connectivity index (χ0) is 23.1. The highest BCUT2D eigenvalue weighted by atomic mass is 32.2. The number of hydrogen-bond donors (Lipinski definition) is 2. The maximum Gasteiger partial charge on any atom is 0.259 e. The largest absolute Gasteiger partial charge is 0.484 e. The zero-order valence-electron chi connectivity index (χ0n) is 18.0. The third kappa shape index (κ3) is 6.52. The third-order valence-electron chi connectivity index (χ3n) is 4.90. The quantitative estimate of drug-likeness (QED) is 0.589. The van der Waals surface area contributed by atoms with Crippen LogP contribution in [0.25, 0.3) is 0 Å². The Morgan fingerprint density at radius 2 is 1.91 bits per heavy atom. The fourth-order valence-electron chi connectivity index (χ4n) is 3.01. The second kappa shape index (κ2) is 10.6. The number of hydrogen-bond acceptors (Lipinski definition) is 6. The van der Waals surface area contributed by atoms with Crippen molar-refractivity contribution in [1.82, 2.24) is 9.62 Å². The molecular weight excluding hydrogens is 434 g/mol. The molecule has 0 saturated carbocycles. The first-order chi connectivity index (χ1) is 15.2. The van der Waals surface area contributed by atoms with Crippen molar-refractivity contribution in [3.8, 4) is 5.75 Å². The first-order valence-electron chi connectivity index (χ1n) is 10.2. The Kier molecular flexibility index (Phi) is 7.84. The summed E-state index contributed by atoms with van der Waals surface area (Å²) in [4.78, 5) is 25.6. The van der Waals surface area contributed by atoms with Crippen molar-refractivity contribution < 1.29 is 27.5 Å². The van der Waals surface area contributed by atoms with E-state index in [4.69, 9.17) is 9.47 Å². The molecule has 172 valence electrons.